The number of rotatable bonds is 7. The third-order valence-corrected chi connectivity index (χ3v) is 6.69. The van der Waals surface area contributed by atoms with Crippen molar-refractivity contribution in [1.29, 1.82) is 0 Å². The van der Waals surface area contributed by atoms with Crippen LogP contribution in [0.3, 0.4) is 0 Å². The highest BCUT2D eigenvalue weighted by molar-refractivity contribution is 7.12. The predicted molar refractivity (Wildman–Crippen MR) is 124 cm³/mol. The Hall–Kier alpha value is -2.83. The topological polar surface area (TPSA) is 50.8 Å². The molecule has 0 bridgehead atoms. The van der Waals surface area contributed by atoms with Crippen molar-refractivity contribution in [3.05, 3.63) is 81.0 Å². The SMILES string of the molecule is COc1cc2c(cc1OC)[C@H](CNC(=O)c1cccs1)N(Cc1ccc(C)cc1)CC2. The molecule has 0 radical (unpaired) electrons. The second-order valence-electron chi connectivity index (χ2n) is 7.82. The number of nitrogens with zero attached hydrogens (tertiary/aromatic N) is 1. The van der Waals surface area contributed by atoms with Gasteiger partial charge in [0.05, 0.1) is 25.1 Å². The number of carbonyl (C=O) groups excluding carboxylic acids is 1. The van der Waals surface area contributed by atoms with Gasteiger partial charge >= 0.3 is 0 Å². The van der Waals surface area contributed by atoms with Gasteiger partial charge in [0.15, 0.2) is 11.5 Å². The smallest absolute Gasteiger partial charge is 0.261 e. The molecule has 31 heavy (non-hydrogen) atoms. The number of ether oxygens (including phenoxy) is 2. The van der Waals surface area contributed by atoms with Crippen LogP contribution in [0.1, 0.15) is 38.0 Å². The minimum Gasteiger partial charge on any atom is -0.493 e. The Morgan fingerprint density at radius 1 is 1.13 bits per heavy atom. The van der Waals surface area contributed by atoms with Gasteiger partial charge in [0.25, 0.3) is 5.91 Å². The number of benzene rings is 2. The molecule has 0 spiro atoms. The standard InChI is InChI=1S/C25H28N2O3S/c1-17-6-8-18(9-7-17)16-27-11-10-19-13-22(29-2)23(30-3)14-20(19)21(27)15-26-25(28)24-5-4-12-31-24/h4-9,12-14,21H,10-11,15-16H2,1-3H3,(H,26,28)/t21-/m0/s1. The fraction of sp³-hybridized carbons (Fsp3) is 0.320. The molecule has 162 valence electrons. The average molecular weight is 437 g/mol. The molecular weight excluding hydrogens is 408 g/mol. The van der Waals surface area contributed by atoms with Crippen LogP contribution in [0.15, 0.2) is 53.9 Å². The molecule has 2 aromatic carbocycles. The van der Waals surface area contributed by atoms with Crippen LogP contribution in [0.2, 0.25) is 0 Å². The van der Waals surface area contributed by atoms with Crippen LogP contribution in [-0.4, -0.2) is 38.1 Å². The summed E-state index contributed by atoms with van der Waals surface area (Å²) < 4.78 is 11.1. The molecule has 0 saturated carbocycles. The lowest BCUT2D eigenvalue weighted by Gasteiger charge is -2.38. The minimum absolute atomic E-state index is 0.0297. The lowest BCUT2D eigenvalue weighted by Crippen LogP contribution is -2.41. The van der Waals surface area contributed by atoms with Gasteiger partial charge in [-0.25, -0.2) is 0 Å². The first-order valence-electron chi connectivity index (χ1n) is 10.4. The first kappa shape index (κ1) is 21.4. The van der Waals surface area contributed by atoms with Gasteiger partial charge in [0.1, 0.15) is 0 Å². The maximum atomic E-state index is 12.6. The van der Waals surface area contributed by atoms with E-state index in [1.807, 2.05) is 17.5 Å². The van der Waals surface area contributed by atoms with Crippen molar-refractivity contribution in [3.8, 4) is 11.5 Å². The summed E-state index contributed by atoms with van der Waals surface area (Å²) in [5, 5.41) is 5.07. The Labute approximate surface area is 187 Å². The molecule has 0 aliphatic carbocycles. The summed E-state index contributed by atoms with van der Waals surface area (Å²) in [6.45, 7) is 4.37. The third kappa shape index (κ3) is 4.75. The molecule has 1 aliphatic rings. The number of hydrogen-bond donors (Lipinski definition) is 1. The maximum Gasteiger partial charge on any atom is 0.261 e. The monoisotopic (exact) mass is 436 g/mol. The van der Waals surface area contributed by atoms with E-state index in [1.165, 1.54) is 33.6 Å². The first-order valence-corrected chi connectivity index (χ1v) is 11.3. The van der Waals surface area contributed by atoms with Crippen LogP contribution in [-0.2, 0) is 13.0 Å². The van der Waals surface area contributed by atoms with E-state index >= 15 is 0 Å². The lowest BCUT2D eigenvalue weighted by atomic mass is 9.91. The minimum atomic E-state index is -0.0297. The Morgan fingerprint density at radius 3 is 2.55 bits per heavy atom. The Morgan fingerprint density at radius 2 is 1.87 bits per heavy atom. The number of hydrogen-bond acceptors (Lipinski definition) is 5. The molecule has 4 rings (SSSR count). The molecule has 6 heteroatoms. The van der Waals surface area contributed by atoms with E-state index < -0.39 is 0 Å². The second kappa shape index (κ2) is 9.54. The molecule has 1 aromatic heterocycles. The fourth-order valence-corrected chi connectivity index (χ4v) is 4.76. The molecule has 0 unspecified atom stereocenters. The number of aryl methyl sites for hydroxylation is 1. The van der Waals surface area contributed by atoms with Crippen molar-refractivity contribution in [3.63, 3.8) is 0 Å². The summed E-state index contributed by atoms with van der Waals surface area (Å²) in [5.74, 6) is 1.43. The summed E-state index contributed by atoms with van der Waals surface area (Å²) in [5.41, 5.74) is 4.95. The van der Waals surface area contributed by atoms with Gasteiger partial charge < -0.3 is 14.8 Å². The molecule has 1 N–H and O–H groups in total. The number of methoxy groups -OCH3 is 2. The van der Waals surface area contributed by atoms with Crippen molar-refractivity contribution in [2.24, 2.45) is 0 Å². The first-order chi connectivity index (χ1) is 15.1. The van der Waals surface area contributed by atoms with Crippen molar-refractivity contribution in [2.45, 2.75) is 25.9 Å². The van der Waals surface area contributed by atoms with Crippen LogP contribution in [0.5, 0.6) is 11.5 Å². The van der Waals surface area contributed by atoms with Crippen molar-refractivity contribution in [1.82, 2.24) is 10.2 Å². The van der Waals surface area contributed by atoms with Crippen LogP contribution in [0.25, 0.3) is 0 Å². The van der Waals surface area contributed by atoms with E-state index in [1.54, 1.807) is 14.2 Å². The van der Waals surface area contributed by atoms with Crippen molar-refractivity contribution in [2.75, 3.05) is 27.3 Å². The van der Waals surface area contributed by atoms with E-state index in [0.29, 0.717) is 12.3 Å². The van der Waals surface area contributed by atoms with Gasteiger partial charge in [-0.1, -0.05) is 35.9 Å². The summed E-state index contributed by atoms with van der Waals surface area (Å²) in [6, 6.07) is 16.6. The zero-order chi connectivity index (χ0) is 21.8. The van der Waals surface area contributed by atoms with Crippen LogP contribution >= 0.6 is 11.3 Å². The predicted octanol–water partition coefficient (Wildman–Crippen LogP) is 4.60. The number of carbonyl (C=O) groups is 1. The second-order valence-corrected chi connectivity index (χ2v) is 8.76. The fourth-order valence-electron chi connectivity index (χ4n) is 4.12. The van der Waals surface area contributed by atoms with E-state index in [2.05, 4.69) is 53.5 Å². The molecule has 1 amide bonds. The highest BCUT2D eigenvalue weighted by Crippen LogP contribution is 2.38. The van der Waals surface area contributed by atoms with E-state index in [-0.39, 0.29) is 11.9 Å². The van der Waals surface area contributed by atoms with Crippen LogP contribution < -0.4 is 14.8 Å². The Balaban J connectivity index is 1.63. The summed E-state index contributed by atoms with van der Waals surface area (Å²) in [7, 11) is 3.32. The van der Waals surface area contributed by atoms with Crippen molar-refractivity contribution < 1.29 is 14.3 Å². The highest BCUT2D eigenvalue weighted by Gasteiger charge is 2.29. The van der Waals surface area contributed by atoms with Gasteiger partial charge in [-0.15, -0.1) is 11.3 Å². The molecule has 0 saturated heterocycles. The number of amides is 1. The molecular formula is C25H28N2O3S. The van der Waals surface area contributed by atoms with Crippen LogP contribution in [0.4, 0.5) is 0 Å². The maximum absolute atomic E-state index is 12.6. The van der Waals surface area contributed by atoms with E-state index in [9.17, 15) is 4.79 Å². The number of fused-ring (bicyclic) bond motifs is 1. The molecule has 5 nitrogen and oxygen atoms in total. The van der Waals surface area contributed by atoms with Gasteiger partial charge in [0, 0.05) is 19.6 Å². The Kier molecular flexibility index (Phi) is 6.59. The molecule has 1 atom stereocenters. The van der Waals surface area contributed by atoms with E-state index in [0.717, 1.165) is 30.1 Å². The molecule has 1 aliphatic heterocycles. The highest BCUT2D eigenvalue weighted by atomic mass is 32.1. The summed E-state index contributed by atoms with van der Waals surface area (Å²) in [6.07, 6.45) is 0.928. The zero-order valence-electron chi connectivity index (χ0n) is 18.2. The zero-order valence-corrected chi connectivity index (χ0v) is 19.0. The Bertz CT molecular complexity index is 1030. The quantitative estimate of drug-likeness (QED) is 0.588. The molecule has 0 fully saturated rings. The average Bonchev–Trinajstić information content (AvgIpc) is 3.33. The summed E-state index contributed by atoms with van der Waals surface area (Å²) >= 11 is 1.46. The lowest BCUT2D eigenvalue weighted by molar-refractivity contribution is 0.0930. The molecule has 3 aromatic rings. The van der Waals surface area contributed by atoms with Crippen molar-refractivity contribution >= 4 is 17.2 Å². The molecule has 2 heterocycles. The van der Waals surface area contributed by atoms with Crippen LogP contribution in [0, 0.1) is 6.92 Å². The normalized spacial score (nSPS) is 15.9. The van der Waals surface area contributed by atoms with E-state index in [4.69, 9.17) is 9.47 Å². The number of thiophene rings is 1. The largest absolute Gasteiger partial charge is 0.493 e. The van der Waals surface area contributed by atoms with Gasteiger partial charge in [0.2, 0.25) is 0 Å². The van der Waals surface area contributed by atoms with Gasteiger partial charge in [-0.05, 0) is 53.6 Å². The van der Waals surface area contributed by atoms with Gasteiger partial charge in [-0.2, -0.15) is 0 Å². The number of nitrogens with one attached hydrogen (secondary N) is 1. The van der Waals surface area contributed by atoms with Gasteiger partial charge in [-0.3, -0.25) is 9.69 Å². The summed E-state index contributed by atoms with van der Waals surface area (Å²) in [4.78, 5) is 15.8. The third-order valence-electron chi connectivity index (χ3n) is 5.82.